The number of para-hydroxylation sites is 2. The largest absolute Gasteiger partial charge is 0.487 e. The van der Waals surface area contributed by atoms with E-state index in [1.807, 2.05) is 84.9 Å². The normalized spacial score (nSPS) is 11.1. The van der Waals surface area contributed by atoms with Gasteiger partial charge in [-0.3, -0.25) is 4.79 Å². The Bertz CT molecular complexity index is 1770. The lowest BCUT2D eigenvalue weighted by Gasteiger charge is -2.10. The Morgan fingerprint density at radius 1 is 0.769 bits per heavy atom. The van der Waals surface area contributed by atoms with E-state index in [9.17, 15) is 4.79 Å². The summed E-state index contributed by atoms with van der Waals surface area (Å²) in [5.41, 5.74) is 2.06. The molecular formula is C33H22Cl2O3S. The molecule has 1 aromatic heterocycles. The van der Waals surface area contributed by atoms with E-state index >= 15 is 0 Å². The van der Waals surface area contributed by atoms with Crippen LogP contribution in [0.4, 0.5) is 0 Å². The standard InChI is InChI=1S/C33H22Cl2O3S/c34-27-15-5-7-17-29(27)37-20-10-11-23(22-38-30-18-8-6-16-28(30)35)21-26-32(36)25-14-4-9-19-31(25)39-33(26)24-12-2-1-3-13-24/h1-9,12-19,21H,20,22H2/b23-21+. The lowest BCUT2D eigenvalue weighted by Crippen LogP contribution is -2.08. The van der Waals surface area contributed by atoms with Crippen LogP contribution in [0.1, 0.15) is 5.56 Å². The number of hydrogen-bond acceptors (Lipinski definition) is 4. The highest BCUT2D eigenvalue weighted by atomic mass is 35.5. The van der Waals surface area contributed by atoms with Crippen molar-refractivity contribution in [2.24, 2.45) is 0 Å². The zero-order valence-corrected chi connectivity index (χ0v) is 23.0. The molecule has 0 aliphatic heterocycles. The maximum absolute atomic E-state index is 13.8. The summed E-state index contributed by atoms with van der Waals surface area (Å²) in [5.74, 6) is 7.26. The van der Waals surface area contributed by atoms with E-state index in [1.54, 1.807) is 35.6 Å². The van der Waals surface area contributed by atoms with Crippen LogP contribution in [0.5, 0.6) is 11.5 Å². The summed E-state index contributed by atoms with van der Waals surface area (Å²) in [7, 11) is 0. The molecular weight excluding hydrogens is 547 g/mol. The molecule has 192 valence electrons. The van der Waals surface area contributed by atoms with Crippen molar-refractivity contribution in [1.29, 1.82) is 0 Å². The molecule has 0 radical (unpaired) electrons. The average Bonchev–Trinajstić information content (AvgIpc) is 2.97. The first-order valence-corrected chi connectivity index (χ1v) is 13.7. The van der Waals surface area contributed by atoms with E-state index < -0.39 is 0 Å². The van der Waals surface area contributed by atoms with Crippen molar-refractivity contribution in [1.82, 2.24) is 0 Å². The van der Waals surface area contributed by atoms with E-state index in [1.165, 1.54) is 0 Å². The monoisotopic (exact) mass is 568 g/mol. The smallest absolute Gasteiger partial charge is 0.195 e. The van der Waals surface area contributed by atoms with Crippen LogP contribution in [0, 0.1) is 11.8 Å². The molecule has 0 unspecified atom stereocenters. The van der Waals surface area contributed by atoms with Crippen LogP contribution in [0.3, 0.4) is 0 Å². The maximum Gasteiger partial charge on any atom is 0.195 e. The van der Waals surface area contributed by atoms with Gasteiger partial charge in [-0.1, -0.05) is 102 Å². The molecule has 5 aromatic rings. The fourth-order valence-electron chi connectivity index (χ4n) is 3.92. The third-order valence-electron chi connectivity index (χ3n) is 5.79. The molecule has 0 amide bonds. The molecule has 3 nitrogen and oxygen atoms in total. The molecule has 1 heterocycles. The van der Waals surface area contributed by atoms with E-state index in [0.29, 0.717) is 38.1 Å². The molecule has 0 atom stereocenters. The summed E-state index contributed by atoms with van der Waals surface area (Å²) in [6.45, 7) is 0.233. The Labute approximate surface area is 240 Å². The number of ether oxygens (including phenoxy) is 2. The van der Waals surface area contributed by atoms with Gasteiger partial charge in [-0.2, -0.15) is 0 Å². The zero-order chi connectivity index (χ0) is 27.0. The first-order valence-electron chi connectivity index (χ1n) is 12.2. The fourth-order valence-corrected chi connectivity index (χ4v) is 5.46. The molecule has 0 bridgehead atoms. The molecule has 6 heteroatoms. The molecule has 0 aliphatic rings. The third-order valence-corrected chi connectivity index (χ3v) is 7.65. The van der Waals surface area contributed by atoms with Crippen molar-refractivity contribution in [2.45, 2.75) is 0 Å². The highest BCUT2D eigenvalue weighted by Gasteiger charge is 2.14. The lowest BCUT2D eigenvalue weighted by molar-refractivity contribution is 0.357. The van der Waals surface area contributed by atoms with Crippen molar-refractivity contribution in [3.63, 3.8) is 0 Å². The second-order valence-corrected chi connectivity index (χ2v) is 10.3. The van der Waals surface area contributed by atoms with Crippen molar-refractivity contribution >= 4 is 50.7 Å². The highest BCUT2D eigenvalue weighted by molar-refractivity contribution is 7.21. The van der Waals surface area contributed by atoms with Crippen LogP contribution in [0.15, 0.2) is 113 Å². The predicted octanol–water partition coefficient (Wildman–Crippen LogP) is 8.78. The molecule has 5 rings (SSSR count). The van der Waals surface area contributed by atoms with Crippen molar-refractivity contribution < 1.29 is 9.47 Å². The Balaban J connectivity index is 1.56. The number of fused-ring (bicyclic) bond motifs is 1. The molecule has 0 aliphatic carbocycles. The van der Waals surface area contributed by atoms with Crippen LogP contribution in [-0.4, -0.2) is 13.2 Å². The van der Waals surface area contributed by atoms with Gasteiger partial charge in [0.2, 0.25) is 0 Å². The van der Waals surface area contributed by atoms with Gasteiger partial charge in [-0.15, -0.1) is 11.3 Å². The van der Waals surface area contributed by atoms with Gasteiger partial charge < -0.3 is 9.47 Å². The van der Waals surface area contributed by atoms with Crippen molar-refractivity contribution in [3.05, 3.63) is 135 Å². The molecule has 0 N–H and O–H groups in total. The molecule has 0 spiro atoms. The summed E-state index contributed by atoms with van der Waals surface area (Å²) in [6, 6.07) is 32.0. The van der Waals surface area contributed by atoms with Gasteiger partial charge >= 0.3 is 0 Å². The average molecular weight is 570 g/mol. The van der Waals surface area contributed by atoms with E-state index in [2.05, 4.69) is 11.8 Å². The van der Waals surface area contributed by atoms with Gasteiger partial charge in [0.05, 0.1) is 10.0 Å². The van der Waals surface area contributed by atoms with Crippen molar-refractivity contribution in [2.75, 3.05) is 13.2 Å². The van der Waals surface area contributed by atoms with Gasteiger partial charge in [0.15, 0.2) is 5.43 Å². The van der Waals surface area contributed by atoms with Gasteiger partial charge in [0.1, 0.15) is 24.7 Å². The van der Waals surface area contributed by atoms with Crippen molar-refractivity contribution in [3.8, 4) is 33.8 Å². The Kier molecular flexibility index (Phi) is 8.65. The Morgan fingerprint density at radius 2 is 1.38 bits per heavy atom. The number of rotatable bonds is 7. The summed E-state index contributed by atoms with van der Waals surface area (Å²) >= 11 is 14.1. The molecule has 39 heavy (non-hydrogen) atoms. The van der Waals surface area contributed by atoms with Crippen LogP contribution < -0.4 is 14.9 Å². The highest BCUT2D eigenvalue weighted by Crippen LogP contribution is 2.33. The third kappa shape index (κ3) is 6.53. The predicted molar refractivity (Wildman–Crippen MR) is 163 cm³/mol. The summed E-state index contributed by atoms with van der Waals surface area (Å²) in [6.07, 6.45) is 1.81. The molecule has 0 fully saturated rings. The summed E-state index contributed by atoms with van der Waals surface area (Å²) in [4.78, 5) is 14.6. The summed E-state index contributed by atoms with van der Waals surface area (Å²) < 4.78 is 12.7. The second-order valence-electron chi connectivity index (χ2n) is 8.45. The zero-order valence-electron chi connectivity index (χ0n) is 20.7. The van der Waals surface area contributed by atoms with Crippen LogP contribution >= 0.6 is 34.5 Å². The van der Waals surface area contributed by atoms with E-state index in [0.717, 1.165) is 15.1 Å². The molecule has 0 saturated heterocycles. The minimum atomic E-state index is -0.0624. The van der Waals surface area contributed by atoms with Gasteiger partial charge in [-0.05, 0) is 48.0 Å². The van der Waals surface area contributed by atoms with Crippen LogP contribution in [0.2, 0.25) is 10.0 Å². The first kappa shape index (κ1) is 26.6. The minimum Gasteiger partial charge on any atom is -0.487 e. The van der Waals surface area contributed by atoms with E-state index in [-0.39, 0.29) is 18.6 Å². The number of halogens is 2. The number of hydrogen-bond donors (Lipinski definition) is 0. The second kappa shape index (κ2) is 12.7. The van der Waals surface area contributed by atoms with Crippen LogP contribution in [-0.2, 0) is 0 Å². The quantitative estimate of drug-likeness (QED) is 0.184. The van der Waals surface area contributed by atoms with Crippen LogP contribution in [0.25, 0.3) is 26.6 Å². The summed E-state index contributed by atoms with van der Waals surface area (Å²) in [5, 5.41) is 1.67. The minimum absolute atomic E-state index is 0.0624. The SMILES string of the molecule is O=c1c(/C=C(\C#CCOc2ccccc2Cl)COc2ccccc2Cl)c(-c2ccccc2)sc2ccccc12. The van der Waals surface area contributed by atoms with Gasteiger partial charge in [0, 0.05) is 26.1 Å². The fraction of sp³-hybridized carbons (Fsp3) is 0.0606. The van der Waals surface area contributed by atoms with Gasteiger partial charge in [-0.25, -0.2) is 0 Å². The molecule has 0 saturated carbocycles. The number of benzene rings is 4. The Hall–Kier alpha value is -4.01. The maximum atomic E-state index is 13.8. The van der Waals surface area contributed by atoms with E-state index in [4.69, 9.17) is 32.7 Å². The topological polar surface area (TPSA) is 35.5 Å². The first-order chi connectivity index (χ1) is 19.1. The molecule has 4 aromatic carbocycles. The lowest BCUT2D eigenvalue weighted by atomic mass is 10.0. The van der Waals surface area contributed by atoms with Gasteiger partial charge in [0.25, 0.3) is 0 Å². The Morgan fingerprint density at radius 3 is 2.10 bits per heavy atom.